The monoisotopic (exact) mass is 237 g/mol. The van der Waals surface area contributed by atoms with Gasteiger partial charge in [-0.3, -0.25) is 4.79 Å². The van der Waals surface area contributed by atoms with Crippen LogP contribution >= 0.6 is 22.9 Å². The summed E-state index contributed by atoms with van der Waals surface area (Å²) in [5.41, 5.74) is 0.983. The summed E-state index contributed by atoms with van der Waals surface area (Å²) in [6, 6.07) is 9.68. The van der Waals surface area contributed by atoms with Crippen molar-refractivity contribution in [3.05, 3.63) is 40.4 Å². The Morgan fingerprint density at radius 1 is 1.33 bits per heavy atom. The van der Waals surface area contributed by atoms with Crippen LogP contribution in [0.3, 0.4) is 0 Å². The number of ketones is 1. The van der Waals surface area contributed by atoms with Crippen LogP contribution in [0.4, 0.5) is 0 Å². The molecule has 2 aromatic rings. The second-order valence-corrected chi connectivity index (χ2v) is 4.42. The fourth-order valence-corrected chi connectivity index (χ4v) is 2.46. The Hall–Kier alpha value is -1.19. The maximum absolute atomic E-state index is 11.2. The summed E-state index contributed by atoms with van der Waals surface area (Å²) in [6.45, 7) is 1.49. The lowest BCUT2D eigenvalue weighted by Gasteiger charge is -1.92. The van der Waals surface area contributed by atoms with Crippen LogP contribution in [0.5, 0.6) is 0 Å². The van der Waals surface area contributed by atoms with Crippen molar-refractivity contribution in [2.75, 3.05) is 0 Å². The van der Waals surface area contributed by atoms with Crippen LogP contribution in [0.25, 0.3) is 10.6 Å². The summed E-state index contributed by atoms with van der Waals surface area (Å²) in [4.78, 5) is 15.9. The van der Waals surface area contributed by atoms with Gasteiger partial charge in [-0.1, -0.05) is 41.9 Å². The third-order valence-electron chi connectivity index (χ3n) is 1.93. The van der Waals surface area contributed by atoms with E-state index < -0.39 is 0 Å². The summed E-state index contributed by atoms with van der Waals surface area (Å²) in [6.07, 6.45) is 0. The maximum Gasteiger partial charge on any atom is 0.172 e. The first-order valence-electron chi connectivity index (χ1n) is 4.41. The molecule has 0 unspecified atom stereocenters. The van der Waals surface area contributed by atoms with Gasteiger partial charge in [0.05, 0.1) is 0 Å². The van der Waals surface area contributed by atoms with Gasteiger partial charge >= 0.3 is 0 Å². The number of thiazole rings is 1. The number of hydrogen-bond donors (Lipinski definition) is 0. The molecule has 0 bridgehead atoms. The molecule has 1 aromatic heterocycles. The third-order valence-corrected chi connectivity index (χ3v) is 3.52. The van der Waals surface area contributed by atoms with Gasteiger partial charge in [0, 0.05) is 12.5 Å². The number of aromatic nitrogens is 1. The average Bonchev–Trinajstić information content (AvgIpc) is 2.62. The number of carbonyl (C=O) groups excluding carboxylic acids is 1. The Balaban J connectivity index is 2.48. The Bertz CT molecular complexity index is 493. The average molecular weight is 238 g/mol. The van der Waals surface area contributed by atoms with Crippen LogP contribution in [-0.4, -0.2) is 10.8 Å². The molecule has 0 aliphatic rings. The first-order valence-corrected chi connectivity index (χ1v) is 5.60. The van der Waals surface area contributed by atoms with E-state index in [1.807, 2.05) is 30.3 Å². The first-order chi connectivity index (χ1) is 7.18. The van der Waals surface area contributed by atoms with E-state index >= 15 is 0 Å². The van der Waals surface area contributed by atoms with Gasteiger partial charge < -0.3 is 0 Å². The summed E-state index contributed by atoms with van der Waals surface area (Å²) in [7, 11) is 0. The molecule has 4 heteroatoms. The van der Waals surface area contributed by atoms with E-state index in [0.717, 1.165) is 10.6 Å². The lowest BCUT2D eigenvalue weighted by Crippen LogP contribution is -1.86. The van der Waals surface area contributed by atoms with Crippen molar-refractivity contribution in [3.8, 4) is 10.6 Å². The fourth-order valence-electron chi connectivity index (χ4n) is 1.22. The second kappa shape index (κ2) is 4.13. The molecule has 0 atom stereocenters. The minimum absolute atomic E-state index is 0.0420. The molecule has 0 aliphatic carbocycles. The van der Waals surface area contributed by atoms with Crippen LogP contribution in [0.1, 0.15) is 16.6 Å². The molecule has 0 fully saturated rings. The van der Waals surface area contributed by atoms with Crippen molar-refractivity contribution < 1.29 is 4.79 Å². The van der Waals surface area contributed by atoms with Gasteiger partial charge in [-0.05, 0) is 0 Å². The number of rotatable bonds is 2. The van der Waals surface area contributed by atoms with E-state index in [1.54, 1.807) is 0 Å². The quantitative estimate of drug-likeness (QED) is 0.746. The van der Waals surface area contributed by atoms with Gasteiger partial charge in [-0.2, -0.15) is 0 Å². The molecular formula is C11H8ClNOS. The largest absolute Gasteiger partial charge is 0.293 e. The lowest BCUT2D eigenvalue weighted by molar-refractivity contribution is 0.102. The molecule has 0 aliphatic heterocycles. The fraction of sp³-hybridized carbons (Fsp3) is 0.0909. The topological polar surface area (TPSA) is 30.0 Å². The van der Waals surface area contributed by atoms with Crippen molar-refractivity contribution >= 4 is 28.7 Å². The highest BCUT2D eigenvalue weighted by atomic mass is 35.5. The summed E-state index contributed by atoms with van der Waals surface area (Å²) in [5, 5.41) is 1.08. The van der Waals surface area contributed by atoms with Crippen LogP contribution < -0.4 is 0 Å². The molecule has 0 amide bonds. The molecule has 2 rings (SSSR count). The maximum atomic E-state index is 11.2. The van der Waals surface area contributed by atoms with Gasteiger partial charge in [0.1, 0.15) is 9.88 Å². The molecule has 1 heterocycles. The SMILES string of the molecule is CC(=O)c1sc(-c2ccccc2)nc1Cl. The molecule has 0 spiro atoms. The zero-order valence-corrected chi connectivity index (χ0v) is 9.60. The van der Waals surface area contributed by atoms with Crippen molar-refractivity contribution in [1.82, 2.24) is 4.98 Å². The van der Waals surface area contributed by atoms with Crippen LogP contribution in [0.2, 0.25) is 5.15 Å². The molecular weight excluding hydrogens is 230 g/mol. The molecule has 0 radical (unpaired) electrons. The summed E-state index contributed by atoms with van der Waals surface area (Å²) in [5.74, 6) is -0.0420. The predicted molar refractivity (Wildman–Crippen MR) is 62.6 cm³/mol. The molecule has 0 saturated heterocycles. The Morgan fingerprint density at radius 2 is 2.00 bits per heavy atom. The van der Waals surface area contributed by atoms with E-state index in [-0.39, 0.29) is 5.78 Å². The molecule has 2 nitrogen and oxygen atoms in total. The lowest BCUT2D eigenvalue weighted by atomic mass is 10.2. The molecule has 1 aromatic carbocycles. The normalized spacial score (nSPS) is 10.3. The smallest absolute Gasteiger partial charge is 0.172 e. The molecule has 15 heavy (non-hydrogen) atoms. The molecule has 0 N–H and O–H groups in total. The van der Waals surface area contributed by atoms with E-state index in [2.05, 4.69) is 4.98 Å². The highest BCUT2D eigenvalue weighted by Gasteiger charge is 2.13. The summed E-state index contributed by atoms with van der Waals surface area (Å²) < 4.78 is 0. The van der Waals surface area contributed by atoms with Gasteiger partial charge in [0.15, 0.2) is 10.9 Å². The number of carbonyl (C=O) groups is 1. The molecule has 0 saturated carbocycles. The number of Topliss-reactive ketones (excluding diaryl/α,β-unsaturated/α-hetero) is 1. The minimum atomic E-state index is -0.0420. The van der Waals surface area contributed by atoms with Gasteiger partial charge in [0.25, 0.3) is 0 Å². The van der Waals surface area contributed by atoms with E-state index in [4.69, 9.17) is 11.6 Å². The van der Waals surface area contributed by atoms with E-state index in [9.17, 15) is 4.79 Å². The summed E-state index contributed by atoms with van der Waals surface area (Å²) >= 11 is 7.20. The number of halogens is 1. The minimum Gasteiger partial charge on any atom is -0.293 e. The first kappa shape index (κ1) is 10.3. The Kier molecular flexibility index (Phi) is 2.84. The van der Waals surface area contributed by atoms with Crippen molar-refractivity contribution in [1.29, 1.82) is 0 Å². The molecule has 76 valence electrons. The van der Waals surface area contributed by atoms with E-state index in [1.165, 1.54) is 18.3 Å². The van der Waals surface area contributed by atoms with Gasteiger partial charge in [0.2, 0.25) is 0 Å². The van der Waals surface area contributed by atoms with Crippen LogP contribution in [-0.2, 0) is 0 Å². The second-order valence-electron chi connectivity index (χ2n) is 3.06. The van der Waals surface area contributed by atoms with Gasteiger partial charge in [-0.15, -0.1) is 11.3 Å². The zero-order chi connectivity index (χ0) is 10.8. The zero-order valence-electron chi connectivity index (χ0n) is 8.03. The number of benzene rings is 1. The van der Waals surface area contributed by atoms with Crippen molar-refractivity contribution in [2.45, 2.75) is 6.92 Å². The van der Waals surface area contributed by atoms with Crippen molar-refractivity contribution in [3.63, 3.8) is 0 Å². The van der Waals surface area contributed by atoms with E-state index in [0.29, 0.717) is 10.0 Å². The Morgan fingerprint density at radius 3 is 2.53 bits per heavy atom. The standard InChI is InChI=1S/C11H8ClNOS/c1-7(14)9-10(12)13-11(15-9)8-5-3-2-4-6-8/h2-6H,1H3. The third kappa shape index (κ3) is 2.08. The highest BCUT2D eigenvalue weighted by molar-refractivity contribution is 7.17. The van der Waals surface area contributed by atoms with Crippen LogP contribution in [0.15, 0.2) is 30.3 Å². The number of nitrogens with zero attached hydrogens (tertiary/aromatic N) is 1. The predicted octanol–water partition coefficient (Wildman–Crippen LogP) is 3.67. The Labute approximate surface area is 96.5 Å². The van der Waals surface area contributed by atoms with Gasteiger partial charge in [-0.25, -0.2) is 4.98 Å². The number of hydrogen-bond acceptors (Lipinski definition) is 3. The highest BCUT2D eigenvalue weighted by Crippen LogP contribution is 2.30. The van der Waals surface area contributed by atoms with Crippen LogP contribution in [0, 0.1) is 0 Å². The van der Waals surface area contributed by atoms with Crippen molar-refractivity contribution in [2.24, 2.45) is 0 Å².